The predicted molar refractivity (Wildman–Crippen MR) is 61.2 cm³/mol. The van der Waals surface area contributed by atoms with Gasteiger partial charge in [-0.05, 0) is 6.92 Å². The molecule has 0 aliphatic carbocycles. The molecule has 6 nitrogen and oxygen atoms in total. The molecule has 17 heavy (non-hydrogen) atoms. The Morgan fingerprint density at radius 2 is 1.53 bits per heavy atom. The quantitative estimate of drug-likeness (QED) is 0.461. The predicted octanol–water partition coefficient (Wildman–Crippen LogP) is 0.248. The van der Waals surface area contributed by atoms with Gasteiger partial charge in [0.2, 0.25) is 11.8 Å². The summed E-state index contributed by atoms with van der Waals surface area (Å²) >= 11 is 0. The summed E-state index contributed by atoms with van der Waals surface area (Å²) in [6.07, 6.45) is 0.350. The fourth-order valence-corrected chi connectivity index (χ4v) is 1.29. The summed E-state index contributed by atoms with van der Waals surface area (Å²) in [6, 6.07) is -0.556. The highest BCUT2D eigenvalue weighted by atomic mass is 16.5. The fourth-order valence-electron chi connectivity index (χ4n) is 1.29. The zero-order valence-electron chi connectivity index (χ0n) is 10.6. The van der Waals surface area contributed by atoms with Crippen LogP contribution in [0.5, 0.6) is 0 Å². The molecule has 3 N–H and O–H groups in total. The van der Waals surface area contributed by atoms with E-state index in [0.717, 1.165) is 0 Å². The summed E-state index contributed by atoms with van der Waals surface area (Å²) in [5.41, 5.74) is 1.50. The number of amides is 2. The van der Waals surface area contributed by atoms with Crippen molar-refractivity contribution in [1.82, 2.24) is 10.8 Å². The molecule has 0 bridgehead atoms. The highest BCUT2D eigenvalue weighted by Gasteiger charge is 2.27. The number of rotatable bonds is 6. The van der Waals surface area contributed by atoms with Gasteiger partial charge in [-0.1, -0.05) is 20.8 Å². The first kappa shape index (κ1) is 15.6. The highest BCUT2D eigenvalue weighted by molar-refractivity contribution is 5.91. The molecule has 0 aliphatic heterocycles. The van der Waals surface area contributed by atoms with Crippen LogP contribution in [0, 0.1) is 11.8 Å². The SMILES string of the molecule is CCC(=O)[C@H](C)NC(=O)[C@H](C)[C@H](C)C(=O)NO. The van der Waals surface area contributed by atoms with Gasteiger partial charge >= 0.3 is 0 Å². The molecule has 0 saturated carbocycles. The van der Waals surface area contributed by atoms with E-state index in [-0.39, 0.29) is 11.7 Å². The van der Waals surface area contributed by atoms with Gasteiger partial charge in [0.1, 0.15) is 0 Å². The number of hydrogen-bond acceptors (Lipinski definition) is 4. The molecule has 0 unspecified atom stereocenters. The lowest BCUT2D eigenvalue weighted by Gasteiger charge is -2.20. The number of hydroxylamine groups is 1. The molecule has 2 amide bonds. The van der Waals surface area contributed by atoms with Crippen LogP contribution >= 0.6 is 0 Å². The summed E-state index contributed by atoms with van der Waals surface area (Å²) in [7, 11) is 0. The highest BCUT2D eigenvalue weighted by Crippen LogP contribution is 2.11. The second kappa shape index (κ2) is 7.01. The fraction of sp³-hybridized carbons (Fsp3) is 0.727. The van der Waals surface area contributed by atoms with Crippen LogP contribution in [0.25, 0.3) is 0 Å². The number of carbonyl (C=O) groups excluding carboxylic acids is 3. The van der Waals surface area contributed by atoms with Crippen molar-refractivity contribution in [3.05, 3.63) is 0 Å². The van der Waals surface area contributed by atoms with E-state index in [1.54, 1.807) is 20.8 Å². The maximum absolute atomic E-state index is 11.7. The second-order valence-corrected chi connectivity index (χ2v) is 4.10. The van der Waals surface area contributed by atoms with Crippen molar-refractivity contribution in [1.29, 1.82) is 0 Å². The molecule has 0 aromatic carbocycles. The molecule has 3 atom stereocenters. The van der Waals surface area contributed by atoms with Gasteiger partial charge in [0.15, 0.2) is 5.78 Å². The number of ketones is 1. The van der Waals surface area contributed by atoms with Crippen molar-refractivity contribution in [2.24, 2.45) is 11.8 Å². The molecule has 0 fully saturated rings. The van der Waals surface area contributed by atoms with Crippen molar-refractivity contribution < 1.29 is 19.6 Å². The second-order valence-electron chi connectivity index (χ2n) is 4.10. The van der Waals surface area contributed by atoms with Crippen molar-refractivity contribution in [2.75, 3.05) is 0 Å². The lowest BCUT2D eigenvalue weighted by molar-refractivity contribution is -0.139. The molecule has 6 heteroatoms. The Kier molecular flexibility index (Phi) is 6.42. The van der Waals surface area contributed by atoms with E-state index in [1.807, 2.05) is 0 Å². The standard InChI is InChI=1S/C11H20N2O4/c1-5-9(14)8(4)12-10(15)6(2)7(3)11(16)13-17/h6-8,17H,5H2,1-4H3,(H,12,15)(H,13,16)/t6-,7+,8+/m1/s1. The summed E-state index contributed by atoms with van der Waals surface area (Å²) in [5, 5.41) is 11.0. The third kappa shape index (κ3) is 4.52. The molecule has 0 heterocycles. The molecule has 0 aromatic heterocycles. The van der Waals surface area contributed by atoms with Crippen LogP contribution in [0.1, 0.15) is 34.1 Å². The summed E-state index contributed by atoms with van der Waals surface area (Å²) in [5.74, 6) is -2.35. The molecule has 0 saturated heterocycles. The van der Waals surface area contributed by atoms with Gasteiger partial charge in [0.05, 0.1) is 6.04 Å². The van der Waals surface area contributed by atoms with Crippen LogP contribution in [-0.4, -0.2) is 28.8 Å². The monoisotopic (exact) mass is 244 g/mol. The minimum absolute atomic E-state index is 0.0650. The first-order valence-corrected chi connectivity index (χ1v) is 5.62. The summed E-state index contributed by atoms with van der Waals surface area (Å²) in [4.78, 5) is 34.1. The van der Waals surface area contributed by atoms with Crippen molar-refractivity contribution >= 4 is 17.6 Å². The van der Waals surface area contributed by atoms with Gasteiger partial charge in [-0.2, -0.15) is 0 Å². The maximum atomic E-state index is 11.7. The Bertz CT molecular complexity index is 304. The topological polar surface area (TPSA) is 95.5 Å². The third-order valence-corrected chi connectivity index (χ3v) is 2.88. The number of carbonyl (C=O) groups is 3. The first-order valence-electron chi connectivity index (χ1n) is 5.62. The van der Waals surface area contributed by atoms with Crippen LogP contribution < -0.4 is 10.8 Å². The van der Waals surface area contributed by atoms with E-state index in [1.165, 1.54) is 12.4 Å². The number of Topliss-reactive ketones (excluding diaryl/α,β-unsaturated/α-hetero) is 1. The van der Waals surface area contributed by atoms with Gasteiger partial charge in [0.25, 0.3) is 0 Å². The van der Waals surface area contributed by atoms with Gasteiger partial charge in [-0.15, -0.1) is 0 Å². The van der Waals surface area contributed by atoms with Crippen molar-refractivity contribution in [3.8, 4) is 0 Å². The molecular weight excluding hydrogens is 224 g/mol. The van der Waals surface area contributed by atoms with E-state index in [0.29, 0.717) is 6.42 Å². The zero-order valence-corrected chi connectivity index (χ0v) is 10.6. The number of nitrogens with one attached hydrogen (secondary N) is 2. The Balaban J connectivity index is 4.41. The molecule has 0 aliphatic rings. The molecule has 0 aromatic rings. The average Bonchev–Trinajstić information content (AvgIpc) is 2.34. The normalized spacial score (nSPS) is 15.6. The van der Waals surface area contributed by atoms with E-state index in [2.05, 4.69) is 5.32 Å². The van der Waals surface area contributed by atoms with Gasteiger partial charge < -0.3 is 5.32 Å². The van der Waals surface area contributed by atoms with Gasteiger partial charge in [-0.3, -0.25) is 19.6 Å². The van der Waals surface area contributed by atoms with E-state index in [9.17, 15) is 14.4 Å². The zero-order chi connectivity index (χ0) is 13.6. The van der Waals surface area contributed by atoms with E-state index >= 15 is 0 Å². The van der Waals surface area contributed by atoms with Crippen molar-refractivity contribution in [3.63, 3.8) is 0 Å². The summed E-state index contributed by atoms with van der Waals surface area (Å²) < 4.78 is 0. The Morgan fingerprint density at radius 1 is 1.06 bits per heavy atom. The first-order chi connectivity index (χ1) is 7.84. The van der Waals surface area contributed by atoms with Gasteiger partial charge in [0, 0.05) is 18.3 Å². The maximum Gasteiger partial charge on any atom is 0.246 e. The van der Waals surface area contributed by atoms with Crippen LogP contribution in [-0.2, 0) is 14.4 Å². The van der Waals surface area contributed by atoms with E-state index < -0.39 is 23.8 Å². The van der Waals surface area contributed by atoms with E-state index in [4.69, 9.17) is 5.21 Å². The Morgan fingerprint density at radius 3 is 1.94 bits per heavy atom. The lowest BCUT2D eigenvalue weighted by Crippen LogP contribution is -2.44. The minimum Gasteiger partial charge on any atom is -0.346 e. The van der Waals surface area contributed by atoms with Crippen LogP contribution in [0.2, 0.25) is 0 Å². The largest absolute Gasteiger partial charge is 0.346 e. The van der Waals surface area contributed by atoms with Gasteiger partial charge in [-0.25, -0.2) is 5.48 Å². The molecule has 98 valence electrons. The lowest BCUT2D eigenvalue weighted by atomic mass is 9.94. The molecule has 0 spiro atoms. The van der Waals surface area contributed by atoms with Crippen LogP contribution in [0.3, 0.4) is 0 Å². The Hall–Kier alpha value is -1.43. The average molecular weight is 244 g/mol. The molecule has 0 radical (unpaired) electrons. The molecular formula is C11H20N2O4. The van der Waals surface area contributed by atoms with Crippen molar-refractivity contribution in [2.45, 2.75) is 40.2 Å². The minimum atomic E-state index is -0.663. The van der Waals surface area contributed by atoms with Crippen LogP contribution in [0.4, 0.5) is 0 Å². The smallest absolute Gasteiger partial charge is 0.246 e. The number of hydrogen-bond donors (Lipinski definition) is 3. The molecule has 0 rings (SSSR count). The third-order valence-electron chi connectivity index (χ3n) is 2.88. The Labute approximate surface area is 101 Å². The summed E-state index contributed by atoms with van der Waals surface area (Å²) in [6.45, 7) is 6.42. The van der Waals surface area contributed by atoms with Crippen LogP contribution in [0.15, 0.2) is 0 Å².